The maximum Gasteiger partial charge on any atom is 0.119 e. The molecule has 6 nitrogen and oxygen atoms in total. The predicted molar refractivity (Wildman–Crippen MR) is 348 cm³/mol. The van der Waals surface area contributed by atoms with Crippen molar-refractivity contribution in [2.24, 2.45) is 0 Å². The smallest absolute Gasteiger partial charge is 0.119 e. The minimum atomic E-state index is 0.00983. The number of ether oxygens (including phenoxy) is 2. The van der Waals surface area contributed by atoms with Crippen LogP contribution in [0, 0.1) is 0 Å². The Labute approximate surface area is 493 Å². The van der Waals surface area contributed by atoms with Gasteiger partial charge in [-0.1, -0.05) is 141 Å². The van der Waals surface area contributed by atoms with Crippen molar-refractivity contribution in [1.29, 1.82) is 0 Å². The van der Waals surface area contributed by atoms with Crippen molar-refractivity contribution in [2.45, 2.75) is 121 Å². The van der Waals surface area contributed by atoms with Gasteiger partial charge >= 0.3 is 0 Å². The Kier molecular flexibility index (Phi) is 23.1. The molecule has 0 atom stereocenters. The number of hydrogen-bond acceptors (Lipinski definition) is 2. The fourth-order valence-electron chi connectivity index (χ4n) is 12.3. The molecule has 7 rings (SSSR count). The lowest BCUT2D eigenvalue weighted by Gasteiger charge is -2.33. The van der Waals surface area contributed by atoms with Crippen LogP contribution in [-0.4, -0.2) is 142 Å². The SMILES string of the molecule is C[N+](C)(C)CCCCCCOc1ccc(/C(=C(\c2ccc(OCCCCCC[N+](C)(C)C)cc2)c2ccc(-c3ccc4c(c3)C(CCCCCC[N+](C)(C)C)(CCCCCC[N+](C)(C)C)c3ccccc3-4)cc2)c2ccccc2)cc1. The molecule has 1 aliphatic rings. The van der Waals surface area contributed by atoms with Crippen molar-refractivity contribution in [3.8, 4) is 33.8 Å². The third-order valence-corrected chi connectivity index (χ3v) is 16.7. The molecule has 0 fully saturated rings. The van der Waals surface area contributed by atoms with Crippen LogP contribution in [0.5, 0.6) is 11.5 Å². The number of hydrogen-bond donors (Lipinski definition) is 0. The molecule has 436 valence electrons. The first-order chi connectivity index (χ1) is 38.7. The van der Waals surface area contributed by atoms with Crippen molar-refractivity contribution < 1.29 is 27.4 Å². The first kappa shape index (κ1) is 63.1. The van der Waals surface area contributed by atoms with E-state index in [1.807, 2.05) is 0 Å². The topological polar surface area (TPSA) is 18.5 Å². The van der Waals surface area contributed by atoms with E-state index in [-0.39, 0.29) is 5.41 Å². The first-order valence-corrected chi connectivity index (χ1v) is 31.5. The quantitative estimate of drug-likeness (QED) is 0.0224. The van der Waals surface area contributed by atoms with Crippen LogP contribution in [0.1, 0.15) is 149 Å². The van der Waals surface area contributed by atoms with Crippen molar-refractivity contribution in [2.75, 3.05) is 124 Å². The number of benzene rings is 6. The fraction of sp³-hybridized carbons (Fsp3) is 0.493. The highest BCUT2D eigenvalue weighted by Gasteiger charge is 2.42. The predicted octanol–water partition coefficient (Wildman–Crippen LogP) is 17.2. The van der Waals surface area contributed by atoms with Crippen LogP contribution in [0.25, 0.3) is 33.4 Å². The standard InChI is InChI=1S/C75H108N4O2/c1-76(2,3)54-28-15-13-26-52-75(53-27-14-16-29-55-77(4,5)6)71-37-25-24-36-69(71)70-51-46-66(60-72(70)75)61-38-40-63(41-39-61)74(65-44-49-68(50-45-65)81-59-33-20-18-31-57-79(10,11)12)73(62-34-22-21-23-35-62)64-42-47-67(48-43-64)80-58-32-19-17-30-56-78(7,8)9/h21-25,34-51,60H,13-20,26-33,52-59H2,1-12H3/q+4/b74-73-. The molecule has 0 aromatic heterocycles. The van der Waals surface area contributed by atoms with Crippen LogP contribution < -0.4 is 9.47 Å². The van der Waals surface area contributed by atoms with E-state index in [0.717, 1.165) is 66.6 Å². The number of unbranched alkanes of at least 4 members (excludes halogenated alkanes) is 12. The van der Waals surface area contributed by atoms with Crippen LogP contribution in [0.4, 0.5) is 0 Å². The molecular formula is C75H108N4O2+4. The van der Waals surface area contributed by atoms with E-state index in [0.29, 0.717) is 0 Å². The maximum absolute atomic E-state index is 6.40. The Hall–Kier alpha value is -5.50. The largest absolute Gasteiger partial charge is 0.494 e. The molecule has 0 radical (unpaired) electrons. The summed E-state index contributed by atoms with van der Waals surface area (Å²) in [5, 5.41) is 0. The van der Waals surface area contributed by atoms with Crippen LogP contribution >= 0.6 is 0 Å². The average molecular weight is 1100 g/mol. The second kappa shape index (κ2) is 29.7. The highest BCUT2D eigenvalue weighted by molar-refractivity contribution is 6.04. The van der Waals surface area contributed by atoms with Crippen LogP contribution in [0.3, 0.4) is 0 Å². The second-order valence-electron chi connectivity index (χ2n) is 28.0. The van der Waals surface area contributed by atoms with Gasteiger partial charge in [-0.05, 0) is 187 Å². The molecule has 1 aliphatic carbocycles. The van der Waals surface area contributed by atoms with Gasteiger partial charge in [-0.2, -0.15) is 0 Å². The lowest BCUT2D eigenvalue weighted by molar-refractivity contribution is -0.870. The summed E-state index contributed by atoms with van der Waals surface area (Å²) in [5.41, 5.74) is 15.6. The van der Waals surface area contributed by atoms with Gasteiger partial charge in [0.2, 0.25) is 0 Å². The van der Waals surface area contributed by atoms with Crippen LogP contribution in [0.2, 0.25) is 0 Å². The number of quaternary nitrogens is 4. The van der Waals surface area contributed by atoms with Crippen LogP contribution in [0.15, 0.2) is 146 Å². The Bertz CT molecular complexity index is 2810. The zero-order valence-corrected chi connectivity index (χ0v) is 52.9. The van der Waals surface area contributed by atoms with E-state index in [1.54, 1.807) is 11.1 Å². The number of fused-ring (bicyclic) bond motifs is 3. The summed E-state index contributed by atoms with van der Waals surface area (Å²) >= 11 is 0. The Morgan fingerprint density at radius 3 is 1.09 bits per heavy atom. The van der Waals surface area contributed by atoms with Gasteiger partial charge in [0.25, 0.3) is 0 Å². The summed E-state index contributed by atoms with van der Waals surface area (Å²) < 4.78 is 16.9. The highest BCUT2D eigenvalue weighted by atomic mass is 16.5. The normalized spacial score (nSPS) is 13.7. The highest BCUT2D eigenvalue weighted by Crippen LogP contribution is 2.55. The minimum Gasteiger partial charge on any atom is -0.494 e. The Morgan fingerprint density at radius 2 is 0.654 bits per heavy atom. The third-order valence-electron chi connectivity index (χ3n) is 16.7. The van der Waals surface area contributed by atoms with E-state index < -0.39 is 0 Å². The summed E-state index contributed by atoms with van der Waals surface area (Å²) in [5.74, 6) is 1.84. The molecule has 0 saturated carbocycles. The van der Waals surface area contributed by atoms with Crippen molar-refractivity contribution in [3.63, 3.8) is 0 Å². The molecule has 0 saturated heterocycles. The zero-order chi connectivity index (χ0) is 57.9. The van der Waals surface area contributed by atoms with Gasteiger partial charge in [-0.15, -0.1) is 0 Å². The summed E-state index contributed by atoms with van der Waals surface area (Å²) in [6.07, 6.45) is 22.2. The molecule has 6 heteroatoms. The first-order valence-electron chi connectivity index (χ1n) is 31.5. The molecule has 6 aromatic carbocycles. The monoisotopic (exact) mass is 1100 g/mol. The van der Waals surface area contributed by atoms with E-state index in [1.165, 1.54) is 173 Å². The third kappa shape index (κ3) is 19.8. The molecule has 6 aromatic rings. The molecule has 0 heterocycles. The lowest BCUT2D eigenvalue weighted by Crippen LogP contribution is -2.35. The molecular weight excluding hydrogens is 989 g/mol. The number of rotatable bonds is 35. The molecule has 0 N–H and O–H groups in total. The van der Waals surface area contributed by atoms with Crippen molar-refractivity contribution >= 4 is 11.1 Å². The van der Waals surface area contributed by atoms with Crippen molar-refractivity contribution in [3.05, 3.63) is 179 Å². The van der Waals surface area contributed by atoms with Gasteiger partial charge < -0.3 is 27.4 Å². The van der Waals surface area contributed by atoms with E-state index in [9.17, 15) is 0 Å². The van der Waals surface area contributed by atoms with Gasteiger partial charge in [0.1, 0.15) is 11.5 Å². The molecule has 0 bridgehead atoms. The van der Waals surface area contributed by atoms with E-state index in [4.69, 9.17) is 9.47 Å². The van der Waals surface area contributed by atoms with Gasteiger partial charge in [0.15, 0.2) is 0 Å². The molecule has 0 spiro atoms. The summed E-state index contributed by atoms with van der Waals surface area (Å²) in [6, 6.07) is 55.1. The molecule has 81 heavy (non-hydrogen) atoms. The molecule has 0 amide bonds. The molecule has 0 unspecified atom stereocenters. The lowest BCUT2D eigenvalue weighted by atomic mass is 9.70. The molecule has 0 aliphatic heterocycles. The summed E-state index contributed by atoms with van der Waals surface area (Å²) in [6.45, 7) is 6.36. The Morgan fingerprint density at radius 1 is 0.309 bits per heavy atom. The van der Waals surface area contributed by atoms with Gasteiger partial charge in [-0.3, -0.25) is 0 Å². The van der Waals surface area contributed by atoms with Gasteiger partial charge in [0, 0.05) is 5.41 Å². The summed E-state index contributed by atoms with van der Waals surface area (Å²) in [4.78, 5) is 0. The zero-order valence-electron chi connectivity index (χ0n) is 52.9. The van der Waals surface area contributed by atoms with E-state index in [2.05, 4.69) is 230 Å². The average Bonchev–Trinajstić information content (AvgIpc) is 3.89. The van der Waals surface area contributed by atoms with Crippen molar-refractivity contribution in [1.82, 2.24) is 0 Å². The van der Waals surface area contributed by atoms with Crippen LogP contribution in [-0.2, 0) is 5.41 Å². The number of nitrogens with zero attached hydrogens (tertiary/aromatic N) is 4. The second-order valence-corrected chi connectivity index (χ2v) is 28.0. The fourth-order valence-corrected chi connectivity index (χ4v) is 12.3. The minimum absolute atomic E-state index is 0.00983. The van der Waals surface area contributed by atoms with Gasteiger partial charge in [-0.25, -0.2) is 0 Å². The van der Waals surface area contributed by atoms with E-state index >= 15 is 0 Å². The van der Waals surface area contributed by atoms with Gasteiger partial charge in [0.05, 0.1) is 124 Å². The Balaban J connectivity index is 1.21. The summed E-state index contributed by atoms with van der Waals surface area (Å²) in [7, 11) is 27.6. The maximum atomic E-state index is 6.40.